The second-order valence-electron chi connectivity index (χ2n) is 7.22. The van der Waals surface area contributed by atoms with Crippen molar-refractivity contribution in [3.05, 3.63) is 42.7 Å². The third-order valence-electron chi connectivity index (χ3n) is 5.27. The number of amides is 2. The van der Waals surface area contributed by atoms with Gasteiger partial charge in [0.25, 0.3) is 0 Å². The Balaban J connectivity index is 1.65. The maximum absolute atomic E-state index is 12.9. The van der Waals surface area contributed by atoms with Gasteiger partial charge in [-0.25, -0.2) is 22.5 Å². The van der Waals surface area contributed by atoms with Gasteiger partial charge in [0.2, 0.25) is 10.0 Å². The summed E-state index contributed by atoms with van der Waals surface area (Å²) in [6, 6.07) is 9.27. The van der Waals surface area contributed by atoms with Crippen molar-refractivity contribution in [1.82, 2.24) is 13.9 Å². The number of carbonyl (C=O) groups is 1. The molecule has 2 aromatic carbocycles. The fourth-order valence-corrected chi connectivity index (χ4v) is 5.35. The van der Waals surface area contributed by atoms with E-state index in [2.05, 4.69) is 23.1 Å². The van der Waals surface area contributed by atoms with Crippen molar-refractivity contribution >= 4 is 51.3 Å². The monoisotopic (exact) mass is 461 g/mol. The van der Waals surface area contributed by atoms with E-state index in [1.54, 1.807) is 12.4 Å². The normalized spacial score (nSPS) is 14.7. The number of aryl methyl sites for hydroxylation is 1. The Kier molecular flexibility index (Phi) is 5.82. The van der Waals surface area contributed by atoms with Gasteiger partial charge in [-0.3, -0.25) is 0 Å². The molecule has 2 amide bonds. The third kappa shape index (κ3) is 3.95. The number of aromatic nitrogens is 2. The maximum Gasteiger partial charge on any atom is 0.336 e. The highest BCUT2D eigenvalue weighted by Gasteiger charge is 2.29. The van der Waals surface area contributed by atoms with Gasteiger partial charge in [-0.15, -0.1) is 0 Å². The van der Waals surface area contributed by atoms with Crippen molar-refractivity contribution in [3.63, 3.8) is 0 Å². The summed E-state index contributed by atoms with van der Waals surface area (Å²) in [5.41, 5.74) is 2.23. The molecule has 0 aliphatic carbocycles. The Morgan fingerprint density at radius 3 is 2.68 bits per heavy atom. The number of rotatable bonds is 5. The summed E-state index contributed by atoms with van der Waals surface area (Å²) in [5.74, 6) is 0.321. The summed E-state index contributed by atoms with van der Waals surface area (Å²) in [5, 5.41) is 2.78. The van der Waals surface area contributed by atoms with E-state index in [1.165, 1.54) is 29.6 Å². The number of para-hydroxylation sites is 1. The summed E-state index contributed by atoms with van der Waals surface area (Å²) >= 11 is 4.33. The number of hydrogen-bond acceptors (Lipinski definition) is 6. The molecule has 0 spiro atoms. The number of urea groups is 1. The van der Waals surface area contributed by atoms with Gasteiger partial charge in [0.15, 0.2) is 0 Å². The summed E-state index contributed by atoms with van der Waals surface area (Å²) in [7, 11) is -0.347. The van der Waals surface area contributed by atoms with Crippen LogP contribution < -0.4 is 14.4 Å². The Bertz CT molecular complexity index is 1240. The molecule has 0 bridgehead atoms. The molecule has 1 saturated heterocycles. The van der Waals surface area contributed by atoms with Crippen LogP contribution in [0.3, 0.4) is 0 Å². The molecule has 0 saturated carbocycles. The third-order valence-corrected chi connectivity index (χ3v) is 7.56. The molecule has 11 heteroatoms. The number of nitrogens with one attached hydrogen (secondary N) is 1. The highest BCUT2D eigenvalue weighted by atomic mass is 32.2. The molecule has 9 nitrogen and oxygen atoms in total. The largest absolute Gasteiger partial charge is 0.495 e. The van der Waals surface area contributed by atoms with E-state index in [4.69, 9.17) is 4.74 Å². The van der Waals surface area contributed by atoms with Gasteiger partial charge < -0.3 is 14.6 Å². The fourth-order valence-electron chi connectivity index (χ4n) is 3.61. The lowest BCUT2D eigenvalue weighted by atomic mass is 10.2. The number of methoxy groups -OCH3 is 1. The fraction of sp³-hybridized carbons (Fsp3) is 0.300. The van der Waals surface area contributed by atoms with Crippen LogP contribution in [-0.4, -0.2) is 48.5 Å². The Morgan fingerprint density at radius 2 is 1.97 bits per heavy atom. The van der Waals surface area contributed by atoms with Gasteiger partial charge in [0.05, 0.1) is 29.5 Å². The first kappa shape index (κ1) is 21.5. The number of sulfonamides is 1. The average molecular weight is 462 g/mol. The average Bonchev–Trinajstić information content (AvgIpc) is 3.44. The van der Waals surface area contributed by atoms with Crippen molar-refractivity contribution in [1.29, 1.82) is 0 Å². The minimum absolute atomic E-state index is 0.0869. The Labute approximate surface area is 186 Å². The molecule has 1 aliphatic heterocycles. The minimum Gasteiger partial charge on any atom is -0.495 e. The number of carbonyl (C=O) groups excluding carboxylic acids is 1. The van der Waals surface area contributed by atoms with Gasteiger partial charge in [0, 0.05) is 20.1 Å². The molecule has 1 fully saturated rings. The van der Waals surface area contributed by atoms with Crippen LogP contribution in [-0.2, 0) is 17.1 Å². The smallest absolute Gasteiger partial charge is 0.336 e. The van der Waals surface area contributed by atoms with Gasteiger partial charge in [0.1, 0.15) is 17.0 Å². The zero-order valence-corrected chi connectivity index (χ0v) is 18.9. The van der Waals surface area contributed by atoms with Crippen molar-refractivity contribution in [2.45, 2.75) is 17.7 Å². The van der Waals surface area contributed by atoms with E-state index in [1.807, 2.05) is 23.7 Å². The van der Waals surface area contributed by atoms with Crippen LogP contribution in [0, 0.1) is 0 Å². The van der Waals surface area contributed by atoms with Gasteiger partial charge in [-0.2, -0.15) is 4.31 Å². The van der Waals surface area contributed by atoms with Crippen LogP contribution in [0.2, 0.25) is 0 Å². The van der Waals surface area contributed by atoms with E-state index < -0.39 is 16.1 Å². The first-order chi connectivity index (χ1) is 14.8. The molecule has 0 atom stereocenters. The van der Waals surface area contributed by atoms with Crippen LogP contribution in [0.15, 0.2) is 47.6 Å². The molecule has 0 unspecified atom stereocenters. The molecule has 31 heavy (non-hydrogen) atoms. The highest BCUT2D eigenvalue weighted by molar-refractivity contribution is 7.89. The number of thiol groups is 1. The lowest BCUT2D eigenvalue weighted by molar-refractivity contribution is 0.260. The molecule has 1 N–H and O–H groups in total. The van der Waals surface area contributed by atoms with Crippen LogP contribution in [0.1, 0.15) is 12.8 Å². The van der Waals surface area contributed by atoms with Gasteiger partial charge >= 0.3 is 6.03 Å². The number of benzene rings is 2. The Morgan fingerprint density at radius 1 is 1.23 bits per heavy atom. The predicted octanol–water partition coefficient (Wildman–Crippen LogP) is 3.25. The topological polar surface area (TPSA) is 96.8 Å². The second-order valence-corrected chi connectivity index (χ2v) is 9.55. The Hall–Kier alpha value is -2.76. The van der Waals surface area contributed by atoms with Crippen molar-refractivity contribution in [3.8, 4) is 5.75 Å². The predicted molar refractivity (Wildman–Crippen MR) is 122 cm³/mol. The molecule has 164 valence electrons. The summed E-state index contributed by atoms with van der Waals surface area (Å²) in [6.45, 7) is 0.978. The van der Waals surface area contributed by atoms with E-state index in [0.29, 0.717) is 30.0 Å². The number of anilines is 2. The number of imidazole rings is 1. The first-order valence-electron chi connectivity index (χ1n) is 9.71. The SMILES string of the molecule is COc1ccc(S(=O)(=O)N2CCCC2)cc1N(S)C(=O)Nc1cccc2c1ncn2C. The standard InChI is InChI=1S/C20H23N5O4S2/c1-23-13-21-19-15(6-5-7-16(19)23)22-20(26)25(30)17-12-14(8-9-18(17)29-2)31(27,28)24-10-3-4-11-24/h5-9,12-13,30H,3-4,10-11H2,1-2H3,(H,22,26). The summed E-state index contributed by atoms with van der Waals surface area (Å²) in [4.78, 5) is 17.3. The molecule has 4 rings (SSSR count). The van der Waals surface area contributed by atoms with E-state index in [0.717, 1.165) is 22.7 Å². The molecule has 1 aliphatic rings. The van der Waals surface area contributed by atoms with Gasteiger partial charge in [-0.05, 0) is 43.2 Å². The molecular formula is C20H23N5O4S2. The number of nitrogens with zero attached hydrogens (tertiary/aromatic N) is 4. The maximum atomic E-state index is 12.9. The molecule has 0 radical (unpaired) electrons. The quantitative estimate of drug-likeness (QED) is 0.569. The molecule has 3 aromatic rings. The van der Waals surface area contributed by atoms with E-state index >= 15 is 0 Å². The second kappa shape index (κ2) is 8.40. The minimum atomic E-state index is -3.66. The van der Waals surface area contributed by atoms with E-state index in [9.17, 15) is 13.2 Å². The zero-order chi connectivity index (χ0) is 22.2. The van der Waals surface area contributed by atoms with Crippen molar-refractivity contribution in [2.24, 2.45) is 7.05 Å². The first-order valence-corrected chi connectivity index (χ1v) is 11.5. The number of fused-ring (bicyclic) bond motifs is 1. The number of hydrogen-bond donors (Lipinski definition) is 2. The molecule has 2 heterocycles. The molecular weight excluding hydrogens is 438 g/mol. The highest BCUT2D eigenvalue weighted by Crippen LogP contribution is 2.34. The van der Waals surface area contributed by atoms with Crippen LogP contribution in [0.4, 0.5) is 16.2 Å². The number of ether oxygens (including phenoxy) is 1. The van der Waals surface area contributed by atoms with E-state index in [-0.39, 0.29) is 10.6 Å². The van der Waals surface area contributed by atoms with Crippen LogP contribution in [0.5, 0.6) is 5.75 Å². The van der Waals surface area contributed by atoms with Gasteiger partial charge in [-0.1, -0.05) is 18.9 Å². The molecule has 1 aromatic heterocycles. The lowest BCUT2D eigenvalue weighted by Crippen LogP contribution is -2.29. The lowest BCUT2D eigenvalue weighted by Gasteiger charge is -2.21. The summed E-state index contributed by atoms with van der Waals surface area (Å²) < 4.78 is 35.6. The zero-order valence-electron chi connectivity index (χ0n) is 17.1. The van der Waals surface area contributed by atoms with Crippen LogP contribution in [0.25, 0.3) is 11.0 Å². The van der Waals surface area contributed by atoms with Crippen LogP contribution >= 0.6 is 12.8 Å². The van der Waals surface area contributed by atoms with Crippen molar-refractivity contribution in [2.75, 3.05) is 29.8 Å². The van der Waals surface area contributed by atoms with Crippen molar-refractivity contribution < 1.29 is 17.9 Å². The summed E-state index contributed by atoms with van der Waals surface area (Å²) in [6.07, 6.45) is 3.33.